The van der Waals surface area contributed by atoms with Crippen LogP contribution in [0.25, 0.3) is 11.7 Å². The molecule has 2 heterocycles. The molecule has 0 fully saturated rings. The lowest BCUT2D eigenvalue weighted by Crippen LogP contribution is -2.06. The van der Waals surface area contributed by atoms with Crippen molar-refractivity contribution >= 4 is 5.97 Å². The number of methoxy groups -OCH3 is 1. The minimum atomic E-state index is -0.277. The Balaban J connectivity index is 1.58. The maximum atomic E-state index is 11.3. The van der Waals surface area contributed by atoms with Crippen LogP contribution in [-0.2, 0) is 22.4 Å². The topological polar surface area (TPSA) is 74.7 Å². The third kappa shape index (κ3) is 4.29. The summed E-state index contributed by atoms with van der Waals surface area (Å²) in [4.78, 5) is 15.8. The zero-order chi connectivity index (χ0) is 17.6. The highest BCUT2D eigenvalue weighted by atomic mass is 16.5. The third-order valence-corrected chi connectivity index (χ3v) is 3.71. The van der Waals surface area contributed by atoms with Crippen molar-refractivity contribution in [2.75, 3.05) is 13.7 Å². The lowest BCUT2D eigenvalue weighted by molar-refractivity contribution is -0.139. The maximum absolute atomic E-state index is 11.3. The van der Waals surface area contributed by atoms with Crippen LogP contribution in [0.2, 0.25) is 0 Å². The number of carbonyl (C=O) groups excluding carboxylic acids is 1. The monoisotopic (exact) mass is 341 g/mol. The Kier molecular flexibility index (Phi) is 5.18. The van der Waals surface area contributed by atoms with Crippen LogP contribution in [0.4, 0.5) is 0 Å². The molecule has 6 heteroatoms. The fraction of sp³-hybridized carbons (Fsp3) is 0.263. The van der Waals surface area contributed by atoms with Gasteiger partial charge in [0, 0.05) is 6.42 Å². The van der Waals surface area contributed by atoms with E-state index in [2.05, 4.69) is 9.72 Å². The van der Waals surface area contributed by atoms with Crippen LogP contribution in [0.5, 0.6) is 5.75 Å². The minimum absolute atomic E-state index is 0.225. The van der Waals surface area contributed by atoms with E-state index < -0.39 is 0 Å². The van der Waals surface area contributed by atoms with E-state index in [0.29, 0.717) is 30.4 Å². The Hall–Kier alpha value is -3.02. The fourth-order valence-electron chi connectivity index (χ4n) is 2.42. The van der Waals surface area contributed by atoms with E-state index in [1.807, 2.05) is 31.2 Å². The number of rotatable bonds is 7. The molecule has 0 aliphatic heterocycles. The van der Waals surface area contributed by atoms with E-state index >= 15 is 0 Å². The van der Waals surface area contributed by atoms with E-state index in [1.165, 1.54) is 7.11 Å². The van der Waals surface area contributed by atoms with Gasteiger partial charge in [-0.2, -0.15) is 0 Å². The second kappa shape index (κ2) is 7.70. The lowest BCUT2D eigenvalue weighted by Gasteiger charge is -2.07. The number of hydrogen-bond acceptors (Lipinski definition) is 6. The predicted molar refractivity (Wildman–Crippen MR) is 90.3 cm³/mol. The predicted octanol–water partition coefficient (Wildman–Crippen LogP) is 3.58. The van der Waals surface area contributed by atoms with Crippen molar-refractivity contribution in [3.8, 4) is 17.4 Å². The number of aromatic nitrogens is 1. The van der Waals surface area contributed by atoms with Gasteiger partial charge in [-0.3, -0.25) is 4.79 Å². The van der Waals surface area contributed by atoms with Crippen molar-refractivity contribution in [1.82, 2.24) is 4.98 Å². The minimum Gasteiger partial charge on any atom is -0.493 e. The number of benzene rings is 1. The lowest BCUT2D eigenvalue weighted by atomic mass is 10.1. The molecule has 0 radical (unpaired) electrons. The summed E-state index contributed by atoms with van der Waals surface area (Å²) in [7, 11) is 1.37. The van der Waals surface area contributed by atoms with Gasteiger partial charge < -0.3 is 18.3 Å². The average Bonchev–Trinajstić information content (AvgIpc) is 3.25. The summed E-state index contributed by atoms with van der Waals surface area (Å²) in [6.45, 7) is 2.32. The molecule has 0 atom stereocenters. The number of oxazole rings is 1. The smallest absolute Gasteiger partial charge is 0.309 e. The van der Waals surface area contributed by atoms with Gasteiger partial charge in [-0.1, -0.05) is 12.1 Å². The first-order valence-electron chi connectivity index (χ1n) is 7.94. The Morgan fingerprint density at radius 3 is 2.88 bits per heavy atom. The molecule has 3 aromatic rings. The van der Waals surface area contributed by atoms with Crippen LogP contribution in [0, 0.1) is 6.92 Å². The first-order valence-corrected chi connectivity index (χ1v) is 7.94. The summed E-state index contributed by atoms with van der Waals surface area (Å²) in [5.74, 6) is 2.24. The van der Waals surface area contributed by atoms with Crippen LogP contribution < -0.4 is 4.74 Å². The summed E-state index contributed by atoms with van der Waals surface area (Å²) in [5.41, 5.74) is 1.68. The molecule has 2 aromatic heterocycles. The number of hydrogen-bond donors (Lipinski definition) is 0. The van der Waals surface area contributed by atoms with Crippen molar-refractivity contribution < 1.29 is 23.1 Å². The molecule has 6 nitrogen and oxygen atoms in total. The standard InChI is InChI=1S/C19H19NO5/c1-13-16(20-19(25-13)17-7-4-9-24-17)8-10-23-15-6-3-5-14(11-15)12-18(21)22-2/h3-7,9,11H,8,10,12H2,1-2H3. The molecule has 0 bridgehead atoms. The zero-order valence-electron chi connectivity index (χ0n) is 14.2. The van der Waals surface area contributed by atoms with E-state index in [1.54, 1.807) is 18.4 Å². The summed E-state index contributed by atoms with van der Waals surface area (Å²) in [5, 5.41) is 0. The molecule has 25 heavy (non-hydrogen) atoms. The van der Waals surface area contributed by atoms with Crippen molar-refractivity contribution in [2.24, 2.45) is 0 Å². The highest BCUT2D eigenvalue weighted by Crippen LogP contribution is 2.22. The van der Waals surface area contributed by atoms with Crippen LogP contribution in [-0.4, -0.2) is 24.7 Å². The van der Waals surface area contributed by atoms with E-state index in [0.717, 1.165) is 17.0 Å². The van der Waals surface area contributed by atoms with E-state index in [9.17, 15) is 4.79 Å². The van der Waals surface area contributed by atoms with Crippen molar-refractivity contribution in [3.05, 3.63) is 59.7 Å². The molecular weight excluding hydrogens is 322 g/mol. The molecule has 0 saturated carbocycles. The molecule has 3 rings (SSSR count). The largest absolute Gasteiger partial charge is 0.493 e. The van der Waals surface area contributed by atoms with Crippen LogP contribution in [0.3, 0.4) is 0 Å². The third-order valence-electron chi connectivity index (χ3n) is 3.71. The van der Waals surface area contributed by atoms with Crippen LogP contribution in [0.1, 0.15) is 17.0 Å². The van der Waals surface area contributed by atoms with Crippen molar-refractivity contribution in [2.45, 2.75) is 19.8 Å². The van der Waals surface area contributed by atoms with Gasteiger partial charge in [0.2, 0.25) is 0 Å². The SMILES string of the molecule is COC(=O)Cc1cccc(OCCc2nc(-c3ccco3)oc2C)c1. The number of carbonyl (C=O) groups is 1. The highest BCUT2D eigenvalue weighted by Gasteiger charge is 2.13. The Morgan fingerprint density at radius 2 is 2.12 bits per heavy atom. The van der Waals surface area contributed by atoms with Gasteiger partial charge in [0.15, 0.2) is 5.76 Å². The molecule has 0 spiro atoms. The molecular formula is C19H19NO5. The summed E-state index contributed by atoms with van der Waals surface area (Å²) >= 11 is 0. The Morgan fingerprint density at radius 1 is 1.24 bits per heavy atom. The fourth-order valence-corrected chi connectivity index (χ4v) is 2.42. The van der Waals surface area contributed by atoms with Gasteiger partial charge in [-0.05, 0) is 36.8 Å². The Labute approximate surface area is 145 Å². The number of ether oxygens (including phenoxy) is 2. The number of esters is 1. The van der Waals surface area contributed by atoms with Gasteiger partial charge in [0.25, 0.3) is 5.89 Å². The molecule has 0 N–H and O–H groups in total. The number of furan rings is 1. The average molecular weight is 341 g/mol. The van der Waals surface area contributed by atoms with Gasteiger partial charge in [0.1, 0.15) is 11.5 Å². The zero-order valence-corrected chi connectivity index (χ0v) is 14.2. The van der Waals surface area contributed by atoms with Gasteiger partial charge >= 0.3 is 5.97 Å². The van der Waals surface area contributed by atoms with E-state index in [4.69, 9.17) is 13.6 Å². The molecule has 0 aliphatic rings. The van der Waals surface area contributed by atoms with Crippen molar-refractivity contribution in [3.63, 3.8) is 0 Å². The second-order valence-electron chi connectivity index (χ2n) is 5.50. The summed E-state index contributed by atoms with van der Waals surface area (Å²) in [6.07, 6.45) is 2.42. The maximum Gasteiger partial charge on any atom is 0.309 e. The Bertz CT molecular complexity index is 835. The van der Waals surface area contributed by atoms with E-state index in [-0.39, 0.29) is 12.4 Å². The molecule has 130 valence electrons. The first-order chi connectivity index (χ1) is 12.2. The normalized spacial score (nSPS) is 10.6. The van der Waals surface area contributed by atoms with Gasteiger partial charge in [-0.15, -0.1) is 0 Å². The summed E-state index contributed by atoms with van der Waals surface area (Å²) in [6, 6.07) is 11.0. The quantitative estimate of drug-likeness (QED) is 0.612. The number of aryl methyl sites for hydroxylation is 1. The molecule has 0 aliphatic carbocycles. The molecule has 0 saturated heterocycles. The van der Waals surface area contributed by atoms with Gasteiger partial charge in [-0.25, -0.2) is 4.98 Å². The van der Waals surface area contributed by atoms with Gasteiger partial charge in [0.05, 0.1) is 32.1 Å². The number of nitrogens with zero attached hydrogens (tertiary/aromatic N) is 1. The van der Waals surface area contributed by atoms with Crippen molar-refractivity contribution in [1.29, 1.82) is 0 Å². The van der Waals surface area contributed by atoms with Crippen LogP contribution in [0.15, 0.2) is 51.5 Å². The molecule has 1 aromatic carbocycles. The molecule has 0 amide bonds. The summed E-state index contributed by atoms with van der Waals surface area (Å²) < 4.78 is 21.4. The first kappa shape index (κ1) is 16.8. The highest BCUT2D eigenvalue weighted by molar-refractivity contribution is 5.72. The second-order valence-corrected chi connectivity index (χ2v) is 5.50. The van der Waals surface area contributed by atoms with Crippen LogP contribution >= 0.6 is 0 Å². The molecule has 0 unspecified atom stereocenters.